The van der Waals surface area contributed by atoms with Crippen LogP contribution in [0.5, 0.6) is 0 Å². The molecule has 0 fully saturated rings. The number of nitrogen functional groups attached to an aromatic ring is 1. The van der Waals surface area contributed by atoms with Gasteiger partial charge < -0.3 is 5.43 Å². The second-order valence-corrected chi connectivity index (χ2v) is 2.33. The summed E-state index contributed by atoms with van der Waals surface area (Å²) in [6, 6.07) is 7.94. The number of hydrogen-bond donors (Lipinski definition) is 2. The average Bonchev–Trinajstić information content (AvgIpc) is 2.07. The van der Waals surface area contributed by atoms with Gasteiger partial charge in [0.25, 0.3) is 0 Å². The highest BCUT2D eigenvalue weighted by Crippen LogP contribution is 2.08. The molecule has 0 aliphatic rings. The van der Waals surface area contributed by atoms with Crippen LogP contribution in [0.3, 0.4) is 0 Å². The molecule has 0 atom stereocenters. The lowest BCUT2D eigenvalue weighted by Gasteiger charge is -1.99. The van der Waals surface area contributed by atoms with Gasteiger partial charge in [-0.15, -0.1) is 23.6 Å². The van der Waals surface area contributed by atoms with Crippen molar-refractivity contribution in [1.29, 1.82) is 0 Å². The minimum absolute atomic E-state index is 0. The lowest BCUT2D eigenvalue weighted by atomic mass is 10.1. The van der Waals surface area contributed by atoms with E-state index in [-0.39, 0.29) is 17.0 Å². The molecule has 0 saturated heterocycles. The van der Waals surface area contributed by atoms with Crippen molar-refractivity contribution in [1.82, 2.24) is 0 Å². The van der Waals surface area contributed by atoms with E-state index >= 15 is 0 Å². The van der Waals surface area contributed by atoms with Gasteiger partial charge in [0.15, 0.2) is 0 Å². The third-order valence-corrected chi connectivity index (χ3v) is 1.50. The summed E-state index contributed by atoms with van der Waals surface area (Å²) in [4.78, 5) is 0. The molecule has 2 nitrogen and oxygen atoms in total. The number of nitrogens with one attached hydrogen (secondary N) is 1. The molecule has 12 heavy (non-hydrogen) atoms. The molecule has 0 amide bonds. The number of benzene rings is 1. The molecule has 0 unspecified atom stereocenters. The Kier molecular flexibility index (Phi) is 5.41. The fraction of sp³-hybridized carbons (Fsp3) is 0.111. The molecular weight excluding hydrogens is 216 g/mol. The van der Waals surface area contributed by atoms with Crippen molar-refractivity contribution in [2.45, 2.75) is 6.42 Å². The largest absolute Gasteiger partial charge is 0.324 e. The standard InChI is InChI=1S/C9H12N2.BrH/c1-2-3-8-4-6-9(11-10)7-5-8;/h2,4-7,11H,1,3,10H2;1H. The first-order chi connectivity index (χ1) is 5.36. The summed E-state index contributed by atoms with van der Waals surface area (Å²) in [5.74, 6) is 5.20. The van der Waals surface area contributed by atoms with Crippen LogP contribution in [0.1, 0.15) is 5.56 Å². The van der Waals surface area contributed by atoms with Gasteiger partial charge in [-0.05, 0) is 24.1 Å². The van der Waals surface area contributed by atoms with Crippen LogP contribution in [-0.2, 0) is 6.42 Å². The topological polar surface area (TPSA) is 38.0 Å². The van der Waals surface area contributed by atoms with Crippen molar-refractivity contribution in [2.75, 3.05) is 5.43 Å². The van der Waals surface area contributed by atoms with Crippen LogP contribution >= 0.6 is 17.0 Å². The molecule has 66 valence electrons. The molecule has 0 aliphatic heterocycles. The van der Waals surface area contributed by atoms with E-state index in [9.17, 15) is 0 Å². The Bertz CT molecular complexity index is 231. The van der Waals surface area contributed by atoms with Gasteiger partial charge in [0, 0.05) is 5.69 Å². The molecule has 1 aromatic carbocycles. The Labute approximate surface area is 83.2 Å². The molecule has 1 rings (SSSR count). The Morgan fingerprint density at radius 1 is 1.33 bits per heavy atom. The monoisotopic (exact) mass is 228 g/mol. The molecule has 3 N–H and O–H groups in total. The molecular formula is C9H13BrN2. The van der Waals surface area contributed by atoms with Crippen molar-refractivity contribution >= 4 is 22.7 Å². The fourth-order valence-electron chi connectivity index (χ4n) is 0.904. The fourth-order valence-corrected chi connectivity index (χ4v) is 0.904. The lowest BCUT2D eigenvalue weighted by Crippen LogP contribution is -2.06. The van der Waals surface area contributed by atoms with E-state index in [1.54, 1.807) is 0 Å². The quantitative estimate of drug-likeness (QED) is 0.474. The third-order valence-electron chi connectivity index (χ3n) is 1.50. The maximum atomic E-state index is 5.20. The Hall–Kier alpha value is -0.800. The van der Waals surface area contributed by atoms with Crippen molar-refractivity contribution < 1.29 is 0 Å². The van der Waals surface area contributed by atoms with Crippen LogP contribution in [0.15, 0.2) is 36.9 Å². The van der Waals surface area contributed by atoms with Crippen molar-refractivity contribution in [3.8, 4) is 0 Å². The summed E-state index contributed by atoms with van der Waals surface area (Å²) in [6.07, 6.45) is 2.79. The Morgan fingerprint density at radius 2 is 1.92 bits per heavy atom. The number of allylic oxidation sites excluding steroid dienone is 1. The van der Waals surface area contributed by atoms with Crippen LogP contribution in [0.2, 0.25) is 0 Å². The molecule has 0 bridgehead atoms. The van der Waals surface area contributed by atoms with Gasteiger partial charge in [0.1, 0.15) is 0 Å². The maximum Gasteiger partial charge on any atom is 0.0485 e. The molecule has 1 aromatic rings. The zero-order valence-electron chi connectivity index (χ0n) is 6.79. The average molecular weight is 229 g/mol. The highest BCUT2D eigenvalue weighted by atomic mass is 79.9. The highest BCUT2D eigenvalue weighted by Gasteiger charge is 1.88. The van der Waals surface area contributed by atoms with Gasteiger partial charge >= 0.3 is 0 Å². The molecule has 3 heteroatoms. The van der Waals surface area contributed by atoms with Gasteiger partial charge in [0.2, 0.25) is 0 Å². The molecule has 0 saturated carbocycles. The minimum atomic E-state index is 0. The predicted octanol–water partition coefficient (Wildman–Crippen LogP) is 2.28. The SMILES string of the molecule is Br.C=CCc1ccc(NN)cc1. The summed E-state index contributed by atoms with van der Waals surface area (Å²) in [6.45, 7) is 3.66. The number of rotatable bonds is 3. The van der Waals surface area contributed by atoms with Crippen LogP contribution < -0.4 is 11.3 Å². The second kappa shape index (κ2) is 5.80. The summed E-state index contributed by atoms with van der Waals surface area (Å²) in [7, 11) is 0. The molecule has 0 radical (unpaired) electrons. The van der Waals surface area contributed by atoms with Gasteiger partial charge in [0.05, 0.1) is 0 Å². The van der Waals surface area contributed by atoms with Crippen molar-refractivity contribution in [3.63, 3.8) is 0 Å². The number of hydrazine groups is 1. The van der Waals surface area contributed by atoms with Crippen LogP contribution in [0.4, 0.5) is 5.69 Å². The predicted molar refractivity (Wildman–Crippen MR) is 58.5 cm³/mol. The number of hydrogen-bond acceptors (Lipinski definition) is 2. The van der Waals surface area contributed by atoms with Gasteiger partial charge in [-0.25, -0.2) is 0 Å². The molecule has 0 spiro atoms. The van der Waals surface area contributed by atoms with Gasteiger partial charge in [-0.3, -0.25) is 5.84 Å². The van der Waals surface area contributed by atoms with E-state index in [4.69, 9.17) is 5.84 Å². The summed E-state index contributed by atoms with van der Waals surface area (Å²) < 4.78 is 0. The molecule has 0 aromatic heterocycles. The first-order valence-electron chi connectivity index (χ1n) is 3.53. The van der Waals surface area contributed by atoms with E-state index in [1.807, 2.05) is 30.3 Å². The number of nitrogens with two attached hydrogens (primary N) is 1. The van der Waals surface area contributed by atoms with Crippen LogP contribution in [0.25, 0.3) is 0 Å². The first-order valence-corrected chi connectivity index (χ1v) is 3.53. The third kappa shape index (κ3) is 3.07. The Morgan fingerprint density at radius 3 is 2.33 bits per heavy atom. The molecule has 0 aliphatic carbocycles. The first kappa shape index (κ1) is 11.2. The van der Waals surface area contributed by atoms with E-state index in [0.717, 1.165) is 12.1 Å². The summed E-state index contributed by atoms with van der Waals surface area (Å²) in [5.41, 5.74) is 4.75. The summed E-state index contributed by atoms with van der Waals surface area (Å²) in [5, 5.41) is 0. The van der Waals surface area contributed by atoms with Gasteiger partial charge in [-0.1, -0.05) is 18.2 Å². The van der Waals surface area contributed by atoms with E-state index in [1.165, 1.54) is 5.56 Å². The number of anilines is 1. The van der Waals surface area contributed by atoms with E-state index in [2.05, 4.69) is 12.0 Å². The zero-order valence-corrected chi connectivity index (χ0v) is 8.50. The Balaban J connectivity index is 0.00000121. The highest BCUT2D eigenvalue weighted by molar-refractivity contribution is 8.93. The van der Waals surface area contributed by atoms with Crippen molar-refractivity contribution in [3.05, 3.63) is 42.5 Å². The second-order valence-electron chi connectivity index (χ2n) is 2.33. The van der Waals surface area contributed by atoms with E-state index < -0.39 is 0 Å². The normalized spacial score (nSPS) is 8.42. The lowest BCUT2D eigenvalue weighted by molar-refractivity contribution is 1.26. The van der Waals surface area contributed by atoms with Crippen LogP contribution in [-0.4, -0.2) is 0 Å². The zero-order chi connectivity index (χ0) is 8.10. The molecule has 0 heterocycles. The number of halogens is 1. The van der Waals surface area contributed by atoms with Crippen LogP contribution in [0, 0.1) is 0 Å². The van der Waals surface area contributed by atoms with E-state index in [0.29, 0.717) is 0 Å². The minimum Gasteiger partial charge on any atom is -0.324 e. The maximum absolute atomic E-state index is 5.20. The van der Waals surface area contributed by atoms with Gasteiger partial charge in [-0.2, -0.15) is 0 Å². The smallest absolute Gasteiger partial charge is 0.0485 e. The summed E-state index contributed by atoms with van der Waals surface area (Å²) >= 11 is 0. The van der Waals surface area contributed by atoms with Crippen molar-refractivity contribution in [2.24, 2.45) is 5.84 Å².